The number of aryl methyl sites for hydroxylation is 1. The van der Waals surface area contributed by atoms with Crippen molar-refractivity contribution in [3.63, 3.8) is 0 Å². The van der Waals surface area contributed by atoms with Gasteiger partial charge in [0.1, 0.15) is 23.5 Å². The lowest BCUT2D eigenvalue weighted by Crippen LogP contribution is -2.45. The summed E-state index contributed by atoms with van der Waals surface area (Å²) in [6.07, 6.45) is 0.470. The number of urea groups is 1. The highest BCUT2D eigenvalue weighted by Crippen LogP contribution is 2.29. The molecule has 1 saturated heterocycles. The highest BCUT2D eigenvalue weighted by Gasteiger charge is 2.39. The standard InChI is InChI=1S/C19H18F3N3O2/c1-2-10-7-14(21)16(15(22)8-10)13-9-23-18(26)17(13)25-19(27)24-12-5-3-11(20)4-6-12/h3-8,13,17H,2,9H2,1H3,(H,23,26)(H2,24,25,27)/t13-,17-/m0/s1. The van der Waals surface area contributed by atoms with E-state index >= 15 is 0 Å². The van der Waals surface area contributed by atoms with Crippen molar-refractivity contribution in [3.05, 3.63) is 65.0 Å². The summed E-state index contributed by atoms with van der Waals surface area (Å²) in [5.74, 6) is -3.38. The van der Waals surface area contributed by atoms with E-state index in [1.807, 2.05) is 0 Å². The first kappa shape index (κ1) is 18.8. The van der Waals surface area contributed by atoms with E-state index in [1.165, 1.54) is 36.4 Å². The summed E-state index contributed by atoms with van der Waals surface area (Å²) in [6.45, 7) is 1.78. The quantitative estimate of drug-likeness (QED) is 0.766. The van der Waals surface area contributed by atoms with Crippen LogP contribution in [0.2, 0.25) is 0 Å². The lowest BCUT2D eigenvalue weighted by atomic mass is 9.91. The Balaban J connectivity index is 1.78. The zero-order chi connectivity index (χ0) is 19.6. The summed E-state index contributed by atoms with van der Waals surface area (Å²) in [5, 5.41) is 7.40. The maximum Gasteiger partial charge on any atom is 0.319 e. The molecule has 1 aliphatic rings. The number of rotatable bonds is 4. The van der Waals surface area contributed by atoms with Gasteiger partial charge >= 0.3 is 6.03 Å². The van der Waals surface area contributed by atoms with Crippen molar-refractivity contribution >= 4 is 17.6 Å². The van der Waals surface area contributed by atoms with Crippen molar-refractivity contribution in [1.29, 1.82) is 0 Å². The molecule has 1 heterocycles. The summed E-state index contributed by atoms with van der Waals surface area (Å²) in [7, 11) is 0. The van der Waals surface area contributed by atoms with Gasteiger partial charge in [0, 0.05) is 23.7 Å². The van der Waals surface area contributed by atoms with Crippen molar-refractivity contribution in [1.82, 2.24) is 10.6 Å². The van der Waals surface area contributed by atoms with E-state index < -0.39 is 41.3 Å². The van der Waals surface area contributed by atoms with E-state index in [9.17, 15) is 22.8 Å². The Morgan fingerprint density at radius 3 is 2.37 bits per heavy atom. The van der Waals surface area contributed by atoms with Gasteiger partial charge in [-0.15, -0.1) is 0 Å². The van der Waals surface area contributed by atoms with E-state index in [0.717, 1.165) is 0 Å². The Morgan fingerprint density at radius 2 is 1.78 bits per heavy atom. The maximum atomic E-state index is 14.4. The number of hydrogen-bond acceptors (Lipinski definition) is 2. The molecule has 0 unspecified atom stereocenters. The zero-order valence-electron chi connectivity index (χ0n) is 14.5. The minimum atomic E-state index is -1.14. The number of halogens is 3. The van der Waals surface area contributed by atoms with Crippen LogP contribution in [0.25, 0.3) is 0 Å². The maximum absolute atomic E-state index is 14.4. The molecule has 3 rings (SSSR count). The molecule has 1 aliphatic heterocycles. The van der Waals surface area contributed by atoms with Crippen LogP contribution in [-0.4, -0.2) is 24.5 Å². The monoisotopic (exact) mass is 377 g/mol. The third kappa shape index (κ3) is 4.05. The highest BCUT2D eigenvalue weighted by atomic mass is 19.1. The first-order valence-corrected chi connectivity index (χ1v) is 8.47. The summed E-state index contributed by atoms with van der Waals surface area (Å²) in [4.78, 5) is 24.3. The van der Waals surface area contributed by atoms with Crippen LogP contribution >= 0.6 is 0 Å². The fourth-order valence-corrected chi connectivity index (χ4v) is 3.09. The number of amides is 3. The molecule has 0 bridgehead atoms. The Bertz CT molecular complexity index is 848. The molecular formula is C19H18F3N3O2. The molecule has 3 N–H and O–H groups in total. The van der Waals surface area contributed by atoms with Gasteiger partial charge in [-0.3, -0.25) is 4.79 Å². The molecule has 0 spiro atoms. The van der Waals surface area contributed by atoms with E-state index in [2.05, 4.69) is 16.0 Å². The minimum absolute atomic E-state index is 0.000357. The number of benzene rings is 2. The van der Waals surface area contributed by atoms with Crippen LogP contribution in [-0.2, 0) is 11.2 Å². The lowest BCUT2D eigenvalue weighted by molar-refractivity contribution is -0.120. The van der Waals surface area contributed by atoms with Gasteiger partial charge in [-0.25, -0.2) is 18.0 Å². The van der Waals surface area contributed by atoms with Crippen molar-refractivity contribution in [2.24, 2.45) is 0 Å². The van der Waals surface area contributed by atoms with E-state index in [-0.39, 0.29) is 12.1 Å². The molecule has 5 nitrogen and oxygen atoms in total. The lowest BCUT2D eigenvalue weighted by Gasteiger charge is -2.20. The average Bonchev–Trinajstić information content (AvgIpc) is 2.97. The molecule has 8 heteroatoms. The second-order valence-electron chi connectivity index (χ2n) is 6.26. The minimum Gasteiger partial charge on any atom is -0.354 e. The number of carbonyl (C=O) groups excluding carboxylic acids is 2. The van der Waals surface area contributed by atoms with Gasteiger partial charge in [-0.2, -0.15) is 0 Å². The zero-order valence-corrected chi connectivity index (χ0v) is 14.5. The second-order valence-corrected chi connectivity index (χ2v) is 6.26. The van der Waals surface area contributed by atoms with Gasteiger partial charge in [0.05, 0.1) is 0 Å². The Hall–Kier alpha value is -3.03. The molecule has 142 valence electrons. The summed E-state index contributed by atoms with van der Waals surface area (Å²) >= 11 is 0. The second kappa shape index (κ2) is 7.69. The van der Waals surface area contributed by atoms with Gasteiger partial charge < -0.3 is 16.0 Å². The van der Waals surface area contributed by atoms with Crippen LogP contribution in [0.15, 0.2) is 36.4 Å². The number of anilines is 1. The van der Waals surface area contributed by atoms with Gasteiger partial charge in [0.15, 0.2) is 0 Å². The van der Waals surface area contributed by atoms with Crippen LogP contribution in [0.3, 0.4) is 0 Å². The predicted octanol–water partition coefficient (Wildman–Crippen LogP) is 3.07. The van der Waals surface area contributed by atoms with Gasteiger partial charge in [-0.05, 0) is 48.4 Å². The molecule has 2 aromatic carbocycles. The molecule has 2 aromatic rings. The normalized spacial score (nSPS) is 18.9. The highest BCUT2D eigenvalue weighted by molar-refractivity contribution is 5.95. The van der Waals surface area contributed by atoms with Crippen molar-refractivity contribution in [2.75, 3.05) is 11.9 Å². The third-order valence-electron chi connectivity index (χ3n) is 4.49. The fraction of sp³-hybridized carbons (Fsp3) is 0.263. The summed E-state index contributed by atoms with van der Waals surface area (Å²) in [6, 6.07) is 5.63. The van der Waals surface area contributed by atoms with Crippen molar-refractivity contribution < 1.29 is 22.8 Å². The summed E-state index contributed by atoms with van der Waals surface area (Å²) in [5.41, 5.74) is 0.579. The smallest absolute Gasteiger partial charge is 0.319 e. The van der Waals surface area contributed by atoms with Crippen molar-refractivity contribution in [2.45, 2.75) is 25.3 Å². The molecular weight excluding hydrogens is 359 g/mol. The Kier molecular flexibility index (Phi) is 5.34. The number of carbonyl (C=O) groups is 2. The summed E-state index contributed by atoms with van der Waals surface area (Å²) < 4.78 is 41.8. The SMILES string of the molecule is CCc1cc(F)c([C@@H]2CNC(=O)[C@H]2NC(=O)Nc2ccc(F)cc2)c(F)c1. The molecule has 0 aromatic heterocycles. The van der Waals surface area contributed by atoms with Crippen LogP contribution in [0, 0.1) is 17.5 Å². The molecule has 1 fully saturated rings. The van der Waals surface area contributed by atoms with Crippen LogP contribution in [0.4, 0.5) is 23.7 Å². The van der Waals surface area contributed by atoms with E-state index in [1.54, 1.807) is 6.92 Å². The Morgan fingerprint density at radius 1 is 1.15 bits per heavy atom. The number of hydrogen-bond donors (Lipinski definition) is 3. The molecule has 3 amide bonds. The van der Waals surface area contributed by atoms with Crippen LogP contribution in [0.5, 0.6) is 0 Å². The molecule has 2 atom stereocenters. The molecule has 0 saturated carbocycles. The largest absolute Gasteiger partial charge is 0.354 e. The van der Waals surface area contributed by atoms with Crippen LogP contribution in [0.1, 0.15) is 24.0 Å². The van der Waals surface area contributed by atoms with Crippen LogP contribution < -0.4 is 16.0 Å². The van der Waals surface area contributed by atoms with Gasteiger partial charge in [0.2, 0.25) is 5.91 Å². The average molecular weight is 377 g/mol. The fourth-order valence-electron chi connectivity index (χ4n) is 3.09. The first-order chi connectivity index (χ1) is 12.9. The van der Waals surface area contributed by atoms with E-state index in [4.69, 9.17) is 0 Å². The predicted molar refractivity (Wildman–Crippen MR) is 93.8 cm³/mol. The first-order valence-electron chi connectivity index (χ1n) is 8.47. The molecule has 0 aliphatic carbocycles. The Labute approximate surface area is 154 Å². The van der Waals surface area contributed by atoms with E-state index in [0.29, 0.717) is 17.7 Å². The van der Waals surface area contributed by atoms with Gasteiger partial charge in [-0.1, -0.05) is 6.92 Å². The van der Waals surface area contributed by atoms with Crippen molar-refractivity contribution in [3.8, 4) is 0 Å². The van der Waals surface area contributed by atoms with Gasteiger partial charge in [0.25, 0.3) is 0 Å². The third-order valence-corrected chi connectivity index (χ3v) is 4.49. The molecule has 27 heavy (non-hydrogen) atoms. The molecule has 0 radical (unpaired) electrons. The topological polar surface area (TPSA) is 70.2 Å². The number of nitrogens with one attached hydrogen (secondary N) is 3.